The molecule has 0 fully saturated rings. The van der Waals surface area contributed by atoms with E-state index in [4.69, 9.17) is 5.73 Å². The third-order valence-electron chi connectivity index (χ3n) is 4.00. The van der Waals surface area contributed by atoms with Gasteiger partial charge in [0.25, 0.3) is 0 Å². The molecular weight excluding hydrogens is 212 g/mol. The van der Waals surface area contributed by atoms with Crippen molar-refractivity contribution in [1.82, 2.24) is 14.7 Å². The maximum absolute atomic E-state index is 5.94. The van der Waals surface area contributed by atoms with Crippen LogP contribution >= 0.6 is 0 Å². The fourth-order valence-electron chi connectivity index (χ4n) is 2.37. The number of hydrogen-bond donors (Lipinski definition) is 1. The minimum atomic E-state index is 0.155. The summed E-state index contributed by atoms with van der Waals surface area (Å²) in [6, 6.07) is 0. The Bertz CT molecular complexity index is 320. The number of aryl methyl sites for hydroxylation is 1. The number of rotatable bonds is 7. The number of aromatic nitrogens is 2. The van der Waals surface area contributed by atoms with Crippen LogP contribution in [0.2, 0.25) is 0 Å². The van der Waals surface area contributed by atoms with Crippen molar-refractivity contribution in [2.24, 2.45) is 12.8 Å². The molecule has 0 aliphatic carbocycles. The number of likely N-dealkylation sites (N-methyl/N-ethyl adjacent to an activating group) is 1. The van der Waals surface area contributed by atoms with Gasteiger partial charge >= 0.3 is 0 Å². The monoisotopic (exact) mass is 238 g/mol. The van der Waals surface area contributed by atoms with Crippen LogP contribution in [0.1, 0.15) is 32.3 Å². The molecule has 0 amide bonds. The van der Waals surface area contributed by atoms with Crippen LogP contribution in [0.25, 0.3) is 0 Å². The summed E-state index contributed by atoms with van der Waals surface area (Å²) in [7, 11) is 4.13. The molecule has 0 spiro atoms. The lowest BCUT2D eigenvalue weighted by Gasteiger charge is -2.40. The molecule has 4 heteroatoms. The second kappa shape index (κ2) is 6.17. The van der Waals surface area contributed by atoms with E-state index in [1.54, 1.807) is 0 Å². The molecule has 98 valence electrons. The highest BCUT2D eigenvalue weighted by Gasteiger charge is 2.28. The quantitative estimate of drug-likeness (QED) is 0.781. The van der Waals surface area contributed by atoms with Gasteiger partial charge < -0.3 is 5.73 Å². The third kappa shape index (κ3) is 3.30. The SMILES string of the molecule is CCC(CC)(CN)N(C)CCc1cnn(C)c1. The maximum atomic E-state index is 5.94. The van der Waals surface area contributed by atoms with E-state index < -0.39 is 0 Å². The highest BCUT2D eigenvalue weighted by molar-refractivity contribution is 5.04. The van der Waals surface area contributed by atoms with E-state index >= 15 is 0 Å². The Morgan fingerprint density at radius 1 is 1.41 bits per heavy atom. The normalized spacial score (nSPS) is 12.4. The Morgan fingerprint density at radius 3 is 2.47 bits per heavy atom. The summed E-state index contributed by atoms with van der Waals surface area (Å²) in [5.41, 5.74) is 7.39. The zero-order valence-electron chi connectivity index (χ0n) is 11.6. The molecule has 0 atom stereocenters. The van der Waals surface area contributed by atoms with Crippen molar-refractivity contribution in [2.45, 2.75) is 38.6 Å². The predicted molar refractivity (Wildman–Crippen MR) is 71.9 cm³/mol. The van der Waals surface area contributed by atoms with E-state index in [2.05, 4.69) is 37.1 Å². The topological polar surface area (TPSA) is 47.1 Å². The summed E-state index contributed by atoms with van der Waals surface area (Å²) in [5, 5.41) is 4.19. The minimum absolute atomic E-state index is 0.155. The van der Waals surface area contributed by atoms with Crippen molar-refractivity contribution in [3.63, 3.8) is 0 Å². The lowest BCUT2D eigenvalue weighted by Crippen LogP contribution is -2.51. The number of nitrogens with zero attached hydrogens (tertiary/aromatic N) is 3. The molecule has 0 aliphatic heterocycles. The molecule has 2 N–H and O–H groups in total. The molecule has 0 aromatic carbocycles. The largest absolute Gasteiger partial charge is 0.329 e. The average molecular weight is 238 g/mol. The lowest BCUT2D eigenvalue weighted by atomic mass is 9.91. The minimum Gasteiger partial charge on any atom is -0.329 e. The third-order valence-corrected chi connectivity index (χ3v) is 4.00. The van der Waals surface area contributed by atoms with Gasteiger partial charge in [-0.1, -0.05) is 13.8 Å². The molecule has 0 saturated heterocycles. The zero-order valence-corrected chi connectivity index (χ0v) is 11.6. The predicted octanol–water partition coefficient (Wildman–Crippen LogP) is 1.41. The standard InChI is InChI=1S/C13H26N4/c1-5-13(6-2,11-14)16(3)8-7-12-9-15-17(4)10-12/h9-10H,5-8,11,14H2,1-4H3. The van der Waals surface area contributed by atoms with Crippen LogP contribution in [0.5, 0.6) is 0 Å². The van der Waals surface area contributed by atoms with Crippen molar-refractivity contribution >= 4 is 0 Å². The van der Waals surface area contributed by atoms with Crippen LogP contribution in [0.15, 0.2) is 12.4 Å². The Balaban J connectivity index is 2.55. The van der Waals surface area contributed by atoms with E-state index in [0.29, 0.717) is 0 Å². The van der Waals surface area contributed by atoms with Gasteiger partial charge in [0.2, 0.25) is 0 Å². The molecule has 0 saturated carbocycles. The molecule has 0 bridgehead atoms. The van der Waals surface area contributed by atoms with Crippen LogP contribution in [0.3, 0.4) is 0 Å². The Labute approximate surface area is 105 Å². The summed E-state index contributed by atoms with van der Waals surface area (Å²) < 4.78 is 1.85. The van der Waals surface area contributed by atoms with Gasteiger partial charge in [0.05, 0.1) is 6.20 Å². The molecular formula is C13H26N4. The average Bonchev–Trinajstić information content (AvgIpc) is 2.75. The molecule has 0 aliphatic rings. The van der Waals surface area contributed by atoms with Crippen LogP contribution < -0.4 is 5.73 Å². The van der Waals surface area contributed by atoms with E-state index in [-0.39, 0.29) is 5.54 Å². The van der Waals surface area contributed by atoms with Gasteiger partial charge in [-0.3, -0.25) is 9.58 Å². The Morgan fingerprint density at radius 2 is 2.06 bits per heavy atom. The molecule has 1 aromatic heterocycles. The number of hydrogen-bond acceptors (Lipinski definition) is 3. The summed E-state index contributed by atoms with van der Waals surface area (Å²) >= 11 is 0. The van der Waals surface area contributed by atoms with Crippen molar-refractivity contribution < 1.29 is 0 Å². The van der Waals surface area contributed by atoms with Crippen molar-refractivity contribution in [3.05, 3.63) is 18.0 Å². The van der Waals surface area contributed by atoms with Crippen LogP contribution in [0.4, 0.5) is 0 Å². The van der Waals surface area contributed by atoms with Crippen molar-refractivity contribution in [3.8, 4) is 0 Å². The maximum Gasteiger partial charge on any atom is 0.0522 e. The molecule has 0 unspecified atom stereocenters. The Kier molecular flexibility index (Phi) is 5.15. The highest BCUT2D eigenvalue weighted by Crippen LogP contribution is 2.21. The zero-order chi connectivity index (χ0) is 12.9. The second-order valence-corrected chi connectivity index (χ2v) is 4.83. The van der Waals surface area contributed by atoms with Crippen molar-refractivity contribution in [1.29, 1.82) is 0 Å². The molecule has 4 nitrogen and oxygen atoms in total. The van der Waals surface area contributed by atoms with E-state index in [0.717, 1.165) is 32.4 Å². The first-order valence-corrected chi connectivity index (χ1v) is 6.46. The fraction of sp³-hybridized carbons (Fsp3) is 0.769. The second-order valence-electron chi connectivity index (χ2n) is 4.83. The van der Waals surface area contributed by atoms with Gasteiger partial charge in [-0.25, -0.2) is 0 Å². The molecule has 1 rings (SSSR count). The van der Waals surface area contributed by atoms with Gasteiger partial charge in [-0.2, -0.15) is 5.10 Å². The van der Waals surface area contributed by atoms with Crippen LogP contribution in [-0.4, -0.2) is 40.4 Å². The summed E-state index contributed by atoms with van der Waals surface area (Å²) in [4.78, 5) is 2.40. The molecule has 1 heterocycles. The van der Waals surface area contributed by atoms with Gasteiger partial charge in [0, 0.05) is 31.9 Å². The van der Waals surface area contributed by atoms with Crippen molar-refractivity contribution in [2.75, 3.05) is 20.1 Å². The van der Waals surface area contributed by atoms with E-state index in [9.17, 15) is 0 Å². The van der Waals surface area contributed by atoms with Gasteiger partial charge in [0.15, 0.2) is 0 Å². The Hall–Kier alpha value is -0.870. The summed E-state index contributed by atoms with van der Waals surface area (Å²) in [5.74, 6) is 0. The van der Waals surface area contributed by atoms with Gasteiger partial charge in [-0.15, -0.1) is 0 Å². The molecule has 1 aromatic rings. The smallest absolute Gasteiger partial charge is 0.0522 e. The fourth-order valence-corrected chi connectivity index (χ4v) is 2.37. The van der Waals surface area contributed by atoms with Gasteiger partial charge in [0.1, 0.15) is 0 Å². The first-order chi connectivity index (χ1) is 8.07. The molecule has 0 radical (unpaired) electrons. The number of nitrogens with two attached hydrogens (primary N) is 1. The first kappa shape index (κ1) is 14.2. The molecule has 17 heavy (non-hydrogen) atoms. The first-order valence-electron chi connectivity index (χ1n) is 6.46. The highest BCUT2D eigenvalue weighted by atomic mass is 15.2. The van der Waals surface area contributed by atoms with E-state index in [1.807, 2.05) is 17.9 Å². The summed E-state index contributed by atoms with van der Waals surface area (Å²) in [6.45, 7) is 6.20. The van der Waals surface area contributed by atoms with E-state index in [1.165, 1.54) is 5.56 Å². The van der Waals surface area contributed by atoms with Crippen LogP contribution in [-0.2, 0) is 13.5 Å². The lowest BCUT2D eigenvalue weighted by molar-refractivity contribution is 0.117. The van der Waals surface area contributed by atoms with Gasteiger partial charge in [-0.05, 0) is 31.9 Å². The summed E-state index contributed by atoms with van der Waals surface area (Å²) in [6.07, 6.45) is 7.25. The van der Waals surface area contributed by atoms with Crippen LogP contribution in [0, 0.1) is 0 Å².